The molecule has 7 heteroatoms. The lowest BCUT2D eigenvalue weighted by molar-refractivity contribution is -0.141. The Kier molecular flexibility index (Phi) is 5.46. The largest absolute Gasteiger partial charge is 0.433 e. The van der Waals surface area contributed by atoms with Crippen LogP contribution in [-0.2, 0) is 11.0 Å². The molecule has 100 valence electrons. The smallest absolute Gasteiger partial charge is 0.311 e. The minimum atomic E-state index is -4.50. The molecule has 1 heterocycles. The summed E-state index contributed by atoms with van der Waals surface area (Å²) in [5, 5.41) is 2.35. The number of anilines is 1. The van der Waals surface area contributed by atoms with Crippen LogP contribution in [0.15, 0.2) is 18.2 Å². The normalized spacial score (nSPS) is 11.3. The maximum Gasteiger partial charge on any atom is 0.433 e. The Morgan fingerprint density at radius 2 is 2.17 bits per heavy atom. The van der Waals surface area contributed by atoms with Crippen LogP contribution in [0, 0.1) is 0 Å². The molecule has 0 aromatic carbocycles. The summed E-state index contributed by atoms with van der Waals surface area (Å²) >= 11 is 1.59. The van der Waals surface area contributed by atoms with Crippen LogP contribution in [0.25, 0.3) is 0 Å². The summed E-state index contributed by atoms with van der Waals surface area (Å²) in [6.07, 6.45) is -4.24. The second-order valence-electron chi connectivity index (χ2n) is 3.40. The minimum Gasteiger partial charge on any atom is -0.311 e. The summed E-state index contributed by atoms with van der Waals surface area (Å²) in [7, 11) is 0. The lowest BCUT2D eigenvalue weighted by Gasteiger charge is -2.08. The van der Waals surface area contributed by atoms with Gasteiger partial charge in [0, 0.05) is 12.2 Å². The first-order chi connectivity index (χ1) is 8.43. The Morgan fingerprint density at radius 3 is 2.78 bits per heavy atom. The number of halogens is 3. The second-order valence-corrected chi connectivity index (χ2v) is 4.79. The Hall–Kier alpha value is -1.24. The summed E-state index contributed by atoms with van der Waals surface area (Å²) in [5.41, 5.74) is -1.01. The molecule has 1 N–H and O–H groups in total. The molecule has 0 saturated carbocycles. The fourth-order valence-corrected chi connectivity index (χ4v) is 1.80. The van der Waals surface area contributed by atoms with Gasteiger partial charge in [-0.25, -0.2) is 4.98 Å². The van der Waals surface area contributed by atoms with Crippen molar-refractivity contribution in [2.75, 3.05) is 16.8 Å². The van der Waals surface area contributed by atoms with Gasteiger partial charge in [-0.3, -0.25) is 4.79 Å². The number of aromatic nitrogens is 1. The summed E-state index contributed by atoms with van der Waals surface area (Å²) in [4.78, 5) is 14.8. The number of nitrogens with one attached hydrogen (secondary N) is 1. The van der Waals surface area contributed by atoms with Crippen molar-refractivity contribution in [3.05, 3.63) is 23.9 Å². The van der Waals surface area contributed by atoms with E-state index in [2.05, 4.69) is 10.3 Å². The highest BCUT2D eigenvalue weighted by Gasteiger charge is 2.32. The maximum absolute atomic E-state index is 12.4. The molecule has 18 heavy (non-hydrogen) atoms. The van der Waals surface area contributed by atoms with E-state index in [1.807, 2.05) is 6.92 Å². The lowest BCUT2D eigenvalue weighted by atomic mass is 10.3. The van der Waals surface area contributed by atoms with E-state index in [0.717, 1.165) is 11.8 Å². The van der Waals surface area contributed by atoms with Gasteiger partial charge in [-0.15, -0.1) is 0 Å². The number of hydrogen-bond acceptors (Lipinski definition) is 3. The Bertz CT molecular complexity index is 410. The molecule has 0 bridgehead atoms. The third kappa shape index (κ3) is 4.95. The predicted molar refractivity (Wildman–Crippen MR) is 65.5 cm³/mol. The number of nitrogens with zero attached hydrogens (tertiary/aromatic N) is 1. The molecule has 0 aliphatic heterocycles. The van der Waals surface area contributed by atoms with Crippen molar-refractivity contribution in [3.8, 4) is 0 Å². The van der Waals surface area contributed by atoms with Crippen molar-refractivity contribution in [1.82, 2.24) is 4.98 Å². The molecular formula is C11H13F3N2OS. The highest BCUT2D eigenvalue weighted by atomic mass is 32.2. The Morgan fingerprint density at radius 1 is 1.44 bits per heavy atom. The molecule has 0 radical (unpaired) electrons. The molecule has 0 aliphatic rings. The van der Waals surface area contributed by atoms with Crippen molar-refractivity contribution >= 4 is 23.5 Å². The number of alkyl halides is 3. The van der Waals surface area contributed by atoms with E-state index in [1.54, 1.807) is 11.8 Å². The van der Waals surface area contributed by atoms with E-state index < -0.39 is 11.9 Å². The monoisotopic (exact) mass is 278 g/mol. The maximum atomic E-state index is 12.4. The number of carbonyl (C=O) groups is 1. The minimum absolute atomic E-state index is 0.0728. The predicted octanol–water partition coefficient (Wildman–Crippen LogP) is 3.18. The fraction of sp³-hybridized carbons (Fsp3) is 0.455. The van der Waals surface area contributed by atoms with E-state index in [1.165, 1.54) is 12.1 Å². The van der Waals surface area contributed by atoms with Gasteiger partial charge >= 0.3 is 6.18 Å². The number of rotatable bonds is 5. The second kappa shape index (κ2) is 6.63. The molecule has 1 aromatic heterocycles. The fourth-order valence-electron chi connectivity index (χ4n) is 1.18. The molecule has 0 spiro atoms. The third-order valence-corrected chi connectivity index (χ3v) is 2.89. The van der Waals surface area contributed by atoms with Crippen molar-refractivity contribution < 1.29 is 18.0 Å². The molecule has 1 aromatic rings. The molecule has 1 amide bonds. The SMILES string of the molecule is CCSCCC(=O)Nc1cccc(C(F)(F)F)n1. The zero-order valence-corrected chi connectivity index (χ0v) is 10.6. The van der Waals surface area contributed by atoms with Gasteiger partial charge in [0.2, 0.25) is 5.91 Å². The van der Waals surface area contributed by atoms with Gasteiger partial charge in [0.1, 0.15) is 11.5 Å². The number of hydrogen-bond donors (Lipinski definition) is 1. The molecular weight excluding hydrogens is 265 g/mol. The summed E-state index contributed by atoms with van der Waals surface area (Å²) in [6, 6.07) is 3.41. The highest BCUT2D eigenvalue weighted by molar-refractivity contribution is 7.99. The molecule has 1 rings (SSSR count). The third-order valence-electron chi connectivity index (χ3n) is 1.98. The van der Waals surface area contributed by atoms with Crippen molar-refractivity contribution in [1.29, 1.82) is 0 Å². The summed E-state index contributed by atoms with van der Waals surface area (Å²) < 4.78 is 37.1. The van der Waals surface area contributed by atoms with Gasteiger partial charge in [-0.2, -0.15) is 24.9 Å². The number of thioether (sulfide) groups is 1. The van der Waals surface area contributed by atoms with E-state index in [9.17, 15) is 18.0 Å². The average Bonchev–Trinajstić information content (AvgIpc) is 2.28. The van der Waals surface area contributed by atoms with Crippen LogP contribution in [0.5, 0.6) is 0 Å². The topological polar surface area (TPSA) is 42.0 Å². The van der Waals surface area contributed by atoms with Crippen LogP contribution in [0.1, 0.15) is 19.0 Å². The molecule has 0 aliphatic carbocycles. The number of carbonyl (C=O) groups excluding carboxylic acids is 1. The van der Waals surface area contributed by atoms with Gasteiger partial charge in [-0.05, 0) is 17.9 Å². The molecule has 0 fully saturated rings. The molecule has 0 atom stereocenters. The van der Waals surface area contributed by atoms with E-state index in [4.69, 9.17) is 0 Å². The van der Waals surface area contributed by atoms with Gasteiger partial charge in [0.05, 0.1) is 0 Å². The van der Waals surface area contributed by atoms with E-state index in [-0.39, 0.29) is 18.1 Å². The van der Waals surface area contributed by atoms with Crippen molar-refractivity contribution in [3.63, 3.8) is 0 Å². The molecule has 3 nitrogen and oxygen atoms in total. The van der Waals surface area contributed by atoms with Crippen LogP contribution in [0.4, 0.5) is 19.0 Å². The first-order valence-electron chi connectivity index (χ1n) is 5.35. The zero-order chi connectivity index (χ0) is 13.6. The Balaban J connectivity index is 2.60. The molecule has 0 saturated heterocycles. The molecule has 0 unspecified atom stereocenters. The first kappa shape index (κ1) is 14.8. The quantitative estimate of drug-likeness (QED) is 0.841. The van der Waals surface area contributed by atoms with Crippen LogP contribution >= 0.6 is 11.8 Å². The standard InChI is InChI=1S/C11H13F3N2OS/c1-2-18-7-6-10(17)16-9-5-3-4-8(15-9)11(12,13)14/h3-5H,2,6-7H2,1H3,(H,15,16,17). The lowest BCUT2D eigenvalue weighted by Crippen LogP contribution is -2.15. The first-order valence-corrected chi connectivity index (χ1v) is 6.51. The Labute approximate surface area is 107 Å². The van der Waals surface area contributed by atoms with Gasteiger partial charge in [0.25, 0.3) is 0 Å². The summed E-state index contributed by atoms with van der Waals surface area (Å²) in [5.74, 6) is 1.13. The van der Waals surface area contributed by atoms with Crippen molar-refractivity contribution in [2.24, 2.45) is 0 Å². The average molecular weight is 278 g/mol. The van der Waals surface area contributed by atoms with Gasteiger partial charge < -0.3 is 5.32 Å². The van der Waals surface area contributed by atoms with Crippen molar-refractivity contribution in [2.45, 2.75) is 19.5 Å². The van der Waals surface area contributed by atoms with Gasteiger partial charge in [-0.1, -0.05) is 13.0 Å². The van der Waals surface area contributed by atoms with Gasteiger partial charge in [0.15, 0.2) is 0 Å². The number of amides is 1. The van der Waals surface area contributed by atoms with E-state index in [0.29, 0.717) is 5.75 Å². The zero-order valence-electron chi connectivity index (χ0n) is 9.75. The van der Waals surface area contributed by atoms with E-state index >= 15 is 0 Å². The van der Waals surface area contributed by atoms with Crippen LogP contribution in [0.3, 0.4) is 0 Å². The number of pyridine rings is 1. The van der Waals surface area contributed by atoms with Crippen LogP contribution in [-0.4, -0.2) is 22.4 Å². The highest BCUT2D eigenvalue weighted by Crippen LogP contribution is 2.28. The summed E-state index contributed by atoms with van der Waals surface area (Å²) in [6.45, 7) is 1.97. The van der Waals surface area contributed by atoms with Crippen LogP contribution in [0.2, 0.25) is 0 Å². The van der Waals surface area contributed by atoms with Crippen LogP contribution < -0.4 is 5.32 Å².